The Bertz CT molecular complexity index is 2990. The molecule has 10 heterocycles. The average molecular weight is 1200 g/mol. The van der Waals surface area contributed by atoms with Gasteiger partial charge in [-0.15, -0.1) is 56.7 Å². The van der Waals surface area contributed by atoms with E-state index in [-0.39, 0.29) is 74.1 Å². The van der Waals surface area contributed by atoms with E-state index in [9.17, 15) is 43.2 Å². The second-order valence-corrected chi connectivity index (χ2v) is 24.4. The standard InChI is InChI=1S/C10H10O2S2.2C10H8O2S2.C8H6O4S2.C7H6O2S2.2C2H6.3CH4/c3*1-5(11)9-7-3-13-4-8(7)14-10(9)6(2)12;9-3-12-6-4-1-13-2-5(4)14-7(6)8(10)11;8-7(9)5-1-4-2-10-3-6(4)11-5;2*1-2;;;/h3-4H2,1-2H3;2*3-4H,1-2H3;3H,1-2H2,(H,10,11);1H,2-3H2,(H,8,9);2*1-2H3;3*1H4. The molecule has 7 aromatic rings. The number of carbonyl (C=O) groups is 9. The first kappa shape index (κ1) is 67.9. The van der Waals surface area contributed by atoms with E-state index in [0.717, 1.165) is 70.7 Å². The molecule has 0 amide bonds. The van der Waals surface area contributed by atoms with Gasteiger partial charge in [0.15, 0.2) is 45.3 Å². The zero-order valence-corrected chi connectivity index (χ0v) is 48.4. The molecule has 74 heavy (non-hydrogen) atoms. The number of ether oxygens (including phenoxy) is 1. The zero-order valence-electron chi connectivity index (χ0n) is 40.3. The van der Waals surface area contributed by atoms with Crippen molar-refractivity contribution in [1.29, 1.82) is 0 Å². The van der Waals surface area contributed by atoms with Crippen LogP contribution in [-0.2, 0) is 39.3 Å². The third-order valence-corrected chi connectivity index (χ3v) is 21.3. The average Bonchev–Trinajstić information content (AvgIpc) is 4.15. The summed E-state index contributed by atoms with van der Waals surface area (Å²) in [5.74, 6) is 3.68. The van der Waals surface area contributed by atoms with E-state index < -0.39 is 11.9 Å². The summed E-state index contributed by atoms with van der Waals surface area (Å²) < 4.78 is 6.78. The van der Waals surface area contributed by atoms with Crippen LogP contribution in [0, 0.1) is 0 Å². The lowest BCUT2D eigenvalue weighted by atomic mass is 10.1. The molecule has 3 aliphatic rings. The third-order valence-electron chi connectivity index (χ3n) is 9.74. The van der Waals surface area contributed by atoms with E-state index in [1.54, 1.807) is 40.5 Å². The molecule has 0 fully saturated rings. The van der Waals surface area contributed by atoms with Crippen LogP contribution in [0.3, 0.4) is 0 Å². The molecule has 0 unspecified atom stereocenters. The SMILES string of the molecule is C.C.C.CC.CC.CC(=O)c1sc2c(c1C(C)=O)CSC2.CC(=O)c1sc2cscc2c1C(C)=O.CC(=O)c1sc2cscc2c1C(C)=O.O=C(O)c1cc2c(s1)CSC2.O=COc1c(C(=O)O)sc2c1CSC2. The Morgan fingerprint density at radius 1 is 0.473 bits per heavy atom. The third kappa shape index (κ3) is 16.2. The lowest BCUT2D eigenvalue weighted by molar-refractivity contribution is -0.120. The van der Waals surface area contributed by atoms with E-state index in [1.165, 1.54) is 114 Å². The maximum Gasteiger partial charge on any atom is 0.349 e. The molecule has 0 aliphatic carbocycles. The number of carbonyl (C=O) groups excluding carboxylic acids is 7. The molecule has 12 nitrogen and oxygen atoms in total. The van der Waals surface area contributed by atoms with E-state index in [2.05, 4.69) is 0 Å². The van der Waals surface area contributed by atoms with Gasteiger partial charge >= 0.3 is 11.9 Å². The number of hydrogen-bond donors (Lipinski definition) is 2. The van der Waals surface area contributed by atoms with Crippen molar-refractivity contribution in [3.05, 3.63) is 100.0 Å². The highest BCUT2D eigenvalue weighted by molar-refractivity contribution is 7.98. The molecule has 7 aromatic heterocycles. The maximum atomic E-state index is 11.4. The Morgan fingerprint density at radius 2 is 0.878 bits per heavy atom. The van der Waals surface area contributed by atoms with Crippen molar-refractivity contribution < 1.29 is 58.1 Å². The smallest absolute Gasteiger partial charge is 0.349 e. The molecule has 22 heteroatoms. The van der Waals surface area contributed by atoms with Gasteiger partial charge in [0.1, 0.15) is 4.88 Å². The van der Waals surface area contributed by atoms with Crippen molar-refractivity contribution in [2.75, 3.05) is 0 Å². The minimum absolute atomic E-state index is 0. The normalized spacial score (nSPS) is 11.7. The monoisotopic (exact) mass is 1200 g/mol. The van der Waals surface area contributed by atoms with Gasteiger partial charge in [-0.3, -0.25) is 33.6 Å². The largest absolute Gasteiger partial charge is 0.477 e. The number of fused-ring (bicyclic) bond motifs is 5. The number of aromatic carboxylic acids is 2. The molecular weight excluding hydrogens is 1140 g/mol. The molecule has 10 rings (SSSR count). The van der Waals surface area contributed by atoms with Crippen LogP contribution in [0.15, 0.2) is 27.6 Å². The van der Waals surface area contributed by atoms with Gasteiger partial charge in [-0.2, -0.15) is 58.0 Å². The summed E-state index contributed by atoms with van der Waals surface area (Å²) in [6, 6.07) is 1.79. The summed E-state index contributed by atoms with van der Waals surface area (Å²) in [6.07, 6.45) is 0. The minimum atomic E-state index is -1.04. The number of hydrogen-bond acceptors (Lipinski definition) is 20. The van der Waals surface area contributed by atoms with Crippen molar-refractivity contribution in [3.63, 3.8) is 0 Å². The Morgan fingerprint density at radius 3 is 1.28 bits per heavy atom. The fraction of sp³-hybridized carbons (Fsp3) is 0.365. The summed E-state index contributed by atoms with van der Waals surface area (Å²) in [6.45, 7) is 17.4. The molecule has 0 saturated carbocycles. The molecule has 0 aromatic carbocycles. The summed E-state index contributed by atoms with van der Waals surface area (Å²) >= 11 is 15.4. The fourth-order valence-corrected chi connectivity index (χ4v) is 18.5. The van der Waals surface area contributed by atoms with Crippen LogP contribution < -0.4 is 4.74 Å². The highest BCUT2D eigenvalue weighted by Crippen LogP contribution is 2.45. The molecule has 0 spiro atoms. The van der Waals surface area contributed by atoms with Crippen LogP contribution in [0.4, 0.5) is 0 Å². The predicted molar refractivity (Wildman–Crippen MR) is 321 cm³/mol. The van der Waals surface area contributed by atoms with Crippen LogP contribution >= 0.6 is 115 Å². The van der Waals surface area contributed by atoms with Crippen LogP contribution in [0.2, 0.25) is 0 Å². The van der Waals surface area contributed by atoms with Gasteiger partial charge in [0.2, 0.25) is 0 Å². The maximum absolute atomic E-state index is 11.4. The topological polar surface area (TPSA) is 203 Å². The first-order chi connectivity index (χ1) is 33.8. The van der Waals surface area contributed by atoms with Gasteiger partial charge in [0.25, 0.3) is 6.47 Å². The molecule has 0 saturated heterocycles. The van der Waals surface area contributed by atoms with Crippen LogP contribution in [0.5, 0.6) is 5.75 Å². The highest BCUT2D eigenvalue weighted by Gasteiger charge is 2.28. The van der Waals surface area contributed by atoms with Gasteiger partial charge < -0.3 is 14.9 Å². The van der Waals surface area contributed by atoms with Crippen molar-refractivity contribution in [2.24, 2.45) is 0 Å². The first-order valence-corrected chi connectivity index (χ1v) is 31.0. The Labute approximate surface area is 473 Å². The van der Waals surface area contributed by atoms with Gasteiger partial charge in [-0.25, -0.2) is 9.59 Å². The lowest BCUT2D eigenvalue weighted by Gasteiger charge is -1.98. The molecule has 3 aliphatic heterocycles. The number of ketones is 6. The molecule has 0 bridgehead atoms. The zero-order chi connectivity index (χ0) is 52.9. The molecule has 402 valence electrons. The molecule has 0 radical (unpaired) electrons. The summed E-state index contributed by atoms with van der Waals surface area (Å²) in [5.41, 5.74) is 5.07. The quantitative estimate of drug-likeness (QED) is 0.0966. The van der Waals surface area contributed by atoms with Crippen molar-refractivity contribution in [1.82, 2.24) is 0 Å². The first-order valence-electron chi connectivity index (χ1n) is 21.6. The van der Waals surface area contributed by atoms with E-state index in [0.29, 0.717) is 36.2 Å². The number of carboxylic acids is 2. The summed E-state index contributed by atoms with van der Waals surface area (Å²) in [7, 11) is 0. The number of thiophene rings is 7. The van der Waals surface area contributed by atoms with Crippen molar-refractivity contribution in [3.8, 4) is 5.75 Å². The number of thioether (sulfide) groups is 3. The summed E-state index contributed by atoms with van der Waals surface area (Å²) in [5, 5.41) is 27.2. The molecule has 0 atom stereocenters. The number of carboxylic acid groups (broad SMARTS) is 2. The van der Waals surface area contributed by atoms with Crippen molar-refractivity contribution >= 4 is 188 Å². The predicted octanol–water partition coefficient (Wildman–Crippen LogP) is 17.5. The van der Waals surface area contributed by atoms with E-state index in [1.807, 2.05) is 72.7 Å². The number of Topliss-reactive ketones (excluding diaryl/α,β-unsaturated/α-hetero) is 6. The van der Waals surface area contributed by atoms with Crippen molar-refractivity contribution in [2.45, 2.75) is 126 Å². The van der Waals surface area contributed by atoms with Gasteiger partial charge in [0.05, 0.1) is 14.6 Å². The Balaban J connectivity index is 0.000000451. The van der Waals surface area contributed by atoms with E-state index >= 15 is 0 Å². The van der Waals surface area contributed by atoms with Gasteiger partial charge in [-0.1, -0.05) is 50.0 Å². The van der Waals surface area contributed by atoms with Crippen LogP contribution in [-0.4, -0.2) is 63.3 Å². The summed E-state index contributed by atoms with van der Waals surface area (Å²) in [4.78, 5) is 106. The second-order valence-electron chi connectivity index (χ2n) is 14.5. The fourth-order valence-electron chi connectivity index (χ4n) is 6.89. The molecular formula is C52H62O12S10. The number of rotatable bonds is 10. The Kier molecular flexibility index (Phi) is 29.2. The van der Waals surface area contributed by atoms with Crippen LogP contribution in [0.1, 0.15) is 202 Å². The van der Waals surface area contributed by atoms with E-state index in [4.69, 9.17) is 14.9 Å². The van der Waals surface area contributed by atoms with Crippen LogP contribution in [0.25, 0.3) is 20.2 Å². The van der Waals surface area contributed by atoms with Gasteiger partial charge in [0, 0.05) is 113 Å². The highest BCUT2D eigenvalue weighted by atomic mass is 32.2. The lowest BCUT2D eigenvalue weighted by Crippen LogP contribution is -2.01. The Hall–Kier alpha value is -4.10. The molecule has 2 N–H and O–H groups in total. The minimum Gasteiger partial charge on any atom is -0.477 e. The second kappa shape index (κ2) is 31.8. The van der Waals surface area contributed by atoms with Gasteiger partial charge in [-0.05, 0) is 58.7 Å².